The number of ether oxygens (including phenoxy) is 1. The lowest BCUT2D eigenvalue weighted by atomic mass is 9.92. The Kier molecular flexibility index (Phi) is 4.70. The molecular formula is C15H20ClNO2. The van der Waals surface area contributed by atoms with Crippen LogP contribution in [-0.2, 0) is 4.79 Å². The van der Waals surface area contributed by atoms with Crippen molar-refractivity contribution in [2.24, 2.45) is 11.8 Å². The Balaban J connectivity index is 1.85. The largest absolute Gasteiger partial charge is 0.484 e. The molecule has 19 heavy (non-hydrogen) atoms. The maximum Gasteiger partial charge on any atom is 0.260 e. The van der Waals surface area contributed by atoms with Crippen LogP contribution in [0.2, 0.25) is 5.02 Å². The Labute approximate surface area is 119 Å². The third-order valence-electron chi connectivity index (χ3n) is 3.40. The number of halogens is 1. The highest BCUT2D eigenvalue weighted by Gasteiger charge is 2.25. The van der Waals surface area contributed by atoms with Crippen molar-refractivity contribution < 1.29 is 9.53 Å². The van der Waals surface area contributed by atoms with Crippen LogP contribution in [0.15, 0.2) is 24.3 Å². The molecule has 104 valence electrons. The highest BCUT2D eigenvalue weighted by molar-refractivity contribution is 6.30. The minimum atomic E-state index is 0.0633. The number of piperidine rings is 1. The Bertz CT molecular complexity index is 422. The van der Waals surface area contributed by atoms with Gasteiger partial charge in [0.25, 0.3) is 5.91 Å². The number of benzene rings is 1. The first-order chi connectivity index (χ1) is 9.04. The molecule has 0 N–H and O–H groups in total. The minimum absolute atomic E-state index is 0.0633. The number of hydrogen-bond acceptors (Lipinski definition) is 2. The van der Waals surface area contributed by atoms with Gasteiger partial charge in [0.05, 0.1) is 0 Å². The van der Waals surface area contributed by atoms with Crippen LogP contribution in [0, 0.1) is 11.8 Å². The lowest BCUT2D eigenvalue weighted by molar-refractivity contribution is -0.136. The second-order valence-electron chi connectivity index (χ2n) is 5.49. The van der Waals surface area contributed by atoms with Gasteiger partial charge < -0.3 is 9.64 Å². The molecule has 3 nitrogen and oxygen atoms in total. The summed E-state index contributed by atoms with van der Waals surface area (Å²) in [5, 5.41) is 0.664. The summed E-state index contributed by atoms with van der Waals surface area (Å²) in [5.74, 6) is 1.88. The number of likely N-dealkylation sites (tertiary alicyclic amines) is 1. The molecule has 0 spiro atoms. The van der Waals surface area contributed by atoms with Crippen molar-refractivity contribution in [1.29, 1.82) is 0 Å². The summed E-state index contributed by atoms with van der Waals surface area (Å²) in [5.41, 5.74) is 0. The van der Waals surface area contributed by atoms with Gasteiger partial charge in [0.15, 0.2) is 6.61 Å². The number of carbonyl (C=O) groups excluding carboxylic acids is 1. The molecule has 0 aromatic heterocycles. The van der Waals surface area contributed by atoms with E-state index in [0.717, 1.165) is 13.1 Å². The summed E-state index contributed by atoms with van der Waals surface area (Å²) >= 11 is 5.80. The van der Waals surface area contributed by atoms with Crippen molar-refractivity contribution in [3.8, 4) is 5.75 Å². The fraction of sp³-hybridized carbons (Fsp3) is 0.533. The average molecular weight is 282 g/mol. The van der Waals surface area contributed by atoms with Crippen LogP contribution in [-0.4, -0.2) is 30.5 Å². The van der Waals surface area contributed by atoms with Crippen molar-refractivity contribution in [2.75, 3.05) is 19.7 Å². The van der Waals surface area contributed by atoms with Crippen LogP contribution in [0.3, 0.4) is 0 Å². The number of amides is 1. The summed E-state index contributed by atoms with van der Waals surface area (Å²) in [7, 11) is 0. The first kappa shape index (κ1) is 14.2. The Morgan fingerprint density at radius 2 is 1.84 bits per heavy atom. The van der Waals surface area contributed by atoms with Crippen molar-refractivity contribution in [3.05, 3.63) is 29.3 Å². The molecule has 0 radical (unpaired) electrons. The number of rotatable bonds is 3. The van der Waals surface area contributed by atoms with Gasteiger partial charge in [-0.1, -0.05) is 25.4 Å². The molecule has 1 aromatic rings. The van der Waals surface area contributed by atoms with Gasteiger partial charge in [-0.3, -0.25) is 4.79 Å². The number of nitrogens with zero attached hydrogens (tertiary/aromatic N) is 1. The van der Waals surface area contributed by atoms with Crippen LogP contribution in [0.4, 0.5) is 0 Å². The fourth-order valence-electron chi connectivity index (χ4n) is 2.63. The van der Waals surface area contributed by atoms with E-state index in [1.165, 1.54) is 6.42 Å². The third-order valence-corrected chi connectivity index (χ3v) is 3.65. The Hall–Kier alpha value is -1.22. The lowest BCUT2D eigenvalue weighted by Crippen LogP contribution is -2.44. The molecule has 1 fully saturated rings. The Morgan fingerprint density at radius 1 is 1.26 bits per heavy atom. The first-order valence-corrected chi connectivity index (χ1v) is 7.08. The highest BCUT2D eigenvalue weighted by atomic mass is 35.5. The molecule has 2 atom stereocenters. The highest BCUT2D eigenvalue weighted by Crippen LogP contribution is 2.21. The topological polar surface area (TPSA) is 29.5 Å². The molecule has 0 saturated carbocycles. The van der Waals surface area contributed by atoms with Crippen LogP contribution in [0.25, 0.3) is 0 Å². The maximum atomic E-state index is 12.1. The van der Waals surface area contributed by atoms with E-state index in [-0.39, 0.29) is 12.5 Å². The quantitative estimate of drug-likeness (QED) is 0.851. The molecular weight excluding hydrogens is 262 g/mol. The molecule has 0 aliphatic carbocycles. The van der Waals surface area contributed by atoms with Gasteiger partial charge in [0.1, 0.15) is 5.75 Å². The van der Waals surface area contributed by atoms with Gasteiger partial charge in [0.2, 0.25) is 0 Å². The van der Waals surface area contributed by atoms with Gasteiger partial charge in [-0.05, 0) is 42.5 Å². The van der Waals surface area contributed by atoms with E-state index in [9.17, 15) is 4.79 Å². The third kappa shape index (κ3) is 4.13. The van der Waals surface area contributed by atoms with Gasteiger partial charge in [-0.15, -0.1) is 0 Å². The van der Waals surface area contributed by atoms with Crippen molar-refractivity contribution in [2.45, 2.75) is 20.3 Å². The first-order valence-electron chi connectivity index (χ1n) is 6.70. The van der Waals surface area contributed by atoms with Crippen LogP contribution < -0.4 is 4.74 Å². The predicted molar refractivity (Wildman–Crippen MR) is 76.5 cm³/mol. The summed E-state index contributed by atoms with van der Waals surface area (Å²) in [6.45, 7) is 6.16. The standard InChI is InChI=1S/C15H20ClNO2/c1-11-7-12(2)9-17(8-11)15(18)10-19-14-5-3-13(16)4-6-14/h3-6,11-12H,7-10H2,1-2H3/t11-,12-/m1/s1. The molecule has 2 rings (SSSR count). The molecule has 1 heterocycles. The lowest BCUT2D eigenvalue weighted by Gasteiger charge is -2.34. The summed E-state index contributed by atoms with van der Waals surface area (Å²) in [6.07, 6.45) is 1.20. The summed E-state index contributed by atoms with van der Waals surface area (Å²) in [4.78, 5) is 14.0. The van der Waals surface area contributed by atoms with E-state index >= 15 is 0 Å². The molecule has 1 aliphatic heterocycles. The molecule has 0 unspecified atom stereocenters. The summed E-state index contributed by atoms with van der Waals surface area (Å²) < 4.78 is 5.50. The fourth-order valence-corrected chi connectivity index (χ4v) is 2.76. The minimum Gasteiger partial charge on any atom is -0.484 e. The zero-order valence-corrected chi connectivity index (χ0v) is 12.2. The average Bonchev–Trinajstić information content (AvgIpc) is 2.36. The SMILES string of the molecule is C[C@@H]1C[C@@H](C)CN(C(=O)COc2ccc(Cl)cc2)C1. The predicted octanol–water partition coefficient (Wildman–Crippen LogP) is 3.22. The molecule has 1 aliphatic rings. The zero-order valence-electron chi connectivity index (χ0n) is 11.4. The second-order valence-corrected chi connectivity index (χ2v) is 5.92. The number of carbonyl (C=O) groups is 1. The second kappa shape index (κ2) is 6.29. The van der Waals surface area contributed by atoms with Gasteiger partial charge in [-0.25, -0.2) is 0 Å². The van der Waals surface area contributed by atoms with Gasteiger partial charge in [0, 0.05) is 18.1 Å². The van der Waals surface area contributed by atoms with E-state index in [1.54, 1.807) is 24.3 Å². The number of hydrogen-bond donors (Lipinski definition) is 0. The monoisotopic (exact) mass is 281 g/mol. The van der Waals surface area contributed by atoms with Gasteiger partial charge >= 0.3 is 0 Å². The van der Waals surface area contributed by atoms with E-state index in [0.29, 0.717) is 22.6 Å². The summed E-state index contributed by atoms with van der Waals surface area (Å²) in [6, 6.07) is 7.06. The smallest absolute Gasteiger partial charge is 0.260 e. The normalized spacial score (nSPS) is 23.2. The van der Waals surface area contributed by atoms with E-state index in [4.69, 9.17) is 16.3 Å². The van der Waals surface area contributed by atoms with Crippen LogP contribution in [0.5, 0.6) is 5.75 Å². The van der Waals surface area contributed by atoms with E-state index < -0.39 is 0 Å². The maximum absolute atomic E-state index is 12.1. The molecule has 4 heteroatoms. The van der Waals surface area contributed by atoms with Crippen molar-refractivity contribution in [3.63, 3.8) is 0 Å². The van der Waals surface area contributed by atoms with Crippen LogP contribution in [0.1, 0.15) is 20.3 Å². The van der Waals surface area contributed by atoms with Crippen molar-refractivity contribution in [1.82, 2.24) is 4.90 Å². The van der Waals surface area contributed by atoms with Gasteiger partial charge in [-0.2, -0.15) is 0 Å². The van der Waals surface area contributed by atoms with Crippen molar-refractivity contribution >= 4 is 17.5 Å². The molecule has 0 bridgehead atoms. The van der Waals surface area contributed by atoms with E-state index in [1.807, 2.05) is 4.90 Å². The molecule has 1 aromatic carbocycles. The zero-order chi connectivity index (χ0) is 13.8. The van der Waals surface area contributed by atoms with E-state index in [2.05, 4.69) is 13.8 Å². The molecule has 1 amide bonds. The molecule has 1 saturated heterocycles. The van der Waals surface area contributed by atoms with Crippen LogP contribution >= 0.6 is 11.6 Å². The Morgan fingerprint density at radius 3 is 2.42 bits per heavy atom.